The molecular formula is C19H21N3O5S. The fraction of sp³-hybridized carbons (Fsp3) is 0.211. The van der Waals surface area contributed by atoms with Gasteiger partial charge in [0.15, 0.2) is 5.78 Å². The molecule has 28 heavy (non-hydrogen) atoms. The summed E-state index contributed by atoms with van der Waals surface area (Å²) in [7, 11) is -3.77. The van der Waals surface area contributed by atoms with Crippen LogP contribution in [0, 0.1) is 0 Å². The van der Waals surface area contributed by atoms with Crippen LogP contribution < -0.4 is 15.8 Å². The molecule has 0 radical (unpaired) electrons. The highest BCUT2D eigenvalue weighted by Crippen LogP contribution is 2.12. The molecule has 2 aromatic rings. The second kappa shape index (κ2) is 9.25. The Morgan fingerprint density at radius 1 is 0.964 bits per heavy atom. The van der Waals surface area contributed by atoms with Crippen molar-refractivity contribution in [3.8, 4) is 0 Å². The Labute approximate surface area is 163 Å². The van der Waals surface area contributed by atoms with Crippen LogP contribution in [-0.4, -0.2) is 32.6 Å². The minimum Gasteiger partial charge on any atom is -0.369 e. The van der Waals surface area contributed by atoms with Gasteiger partial charge in [0, 0.05) is 24.2 Å². The van der Waals surface area contributed by atoms with E-state index in [2.05, 4.69) is 10.0 Å². The van der Waals surface area contributed by atoms with Crippen LogP contribution in [0.3, 0.4) is 0 Å². The van der Waals surface area contributed by atoms with Crippen molar-refractivity contribution < 1.29 is 22.8 Å². The zero-order valence-electron chi connectivity index (χ0n) is 15.3. The number of ketones is 1. The molecule has 2 rings (SSSR count). The third-order valence-corrected chi connectivity index (χ3v) is 5.31. The molecule has 8 nitrogen and oxygen atoms in total. The van der Waals surface area contributed by atoms with Crippen molar-refractivity contribution in [2.75, 3.05) is 11.9 Å². The fourth-order valence-electron chi connectivity index (χ4n) is 2.38. The van der Waals surface area contributed by atoms with E-state index in [4.69, 9.17) is 5.73 Å². The van der Waals surface area contributed by atoms with Crippen LogP contribution in [-0.2, 0) is 26.0 Å². The molecule has 0 saturated carbocycles. The Kier molecular flexibility index (Phi) is 7.02. The summed E-state index contributed by atoms with van der Waals surface area (Å²) in [5, 5.41) is 2.64. The first-order chi connectivity index (χ1) is 13.2. The van der Waals surface area contributed by atoms with Gasteiger partial charge in [0.2, 0.25) is 21.8 Å². The molecular weight excluding hydrogens is 382 g/mol. The van der Waals surface area contributed by atoms with E-state index in [-0.39, 0.29) is 36.0 Å². The molecule has 2 amide bonds. The Morgan fingerprint density at radius 3 is 2.11 bits per heavy atom. The van der Waals surface area contributed by atoms with Crippen LogP contribution in [0.5, 0.6) is 0 Å². The monoisotopic (exact) mass is 403 g/mol. The number of hydrogen-bond donors (Lipinski definition) is 3. The Balaban J connectivity index is 1.85. The molecule has 4 N–H and O–H groups in total. The van der Waals surface area contributed by atoms with Gasteiger partial charge in [-0.3, -0.25) is 14.4 Å². The molecule has 148 valence electrons. The maximum absolute atomic E-state index is 12.2. The van der Waals surface area contributed by atoms with Gasteiger partial charge in [-0.05, 0) is 36.8 Å². The number of hydrogen-bond acceptors (Lipinski definition) is 5. The standard InChI is InChI=1S/C19H21N3O5S/c1-13(23)15-4-8-17(9-5-15)28(26,27)21-11-10-19(25)22-16-6-2-14(3-7-16)12-18(20)24/h2-9,21H,10-12H2,1H3,(H2,20,24)(H,22,25). The van der Waals surface area contributed by atoms with E-state index in [1.807, 2.05) is 0 Å². The lowest BCUT2D eigenvalue weighted by Crippen LogP contribution is -2.27. The van der Waals surface area contributed by atoms with Crippen molar-refractivity contribution in [3.05, 3.63) is 59.7 Å². The maximum atomic E-state index is 12.2. The minimum absolute atomic E-state index is 0.0166. The highest BCUT2D eigenvalue weighted by Gasteiger charge is 2.14. The molecule has 0 aliphatic carbocycles. The number of amides is 2. The third-order valence-electron chi connectivity index (χ3n) is 3.83. The van der Waals surface area contributed by atoms with Crippen molar-refractivity contribution >= 4 is 33.3 Å². The van der Waals surface area contributed by atoms with Crippen LogP contribution in [0.1, 0.15) is 29.3 Å². The highest BCUT2D eigenvalue weighted by molar-refractivity contribution is 7.89. The molecule has 0 heterocycles. The average molecular weight is 403 g/mol. The van der Waals surface area contributed by atoms with Gasteiger partial charge in [0.25, 0.3) is 0 Å². The van der Waals surface area contributed by atoms with Gasteiger partial charge in [-0.2, -0.15) is 0 Å². The van der Waals surface area contributed by atoms with Gasteiger partial charge < -0.3 is 11.1 Å². The van der Waals surface area contributed by atoms with Crippen molar-refractivity contribution in [2.45, 2.75) is 24.7 Å². The number of Topliss-reactive ketones (excluding diaryl/α,β-unsaturated/α-hetero) is 1. The molecule has 0 spiro atoms. The van der Waals surface area contributed by atoms with E-state index in [0.717, 1.165) is 5.56 Å². The third kappa shape index (κ3) is 6.29. The highest BCUT2D eigenvalue weighted by atomic mass is 32.2. The summed E-state index contributed by atoms with van der Waals surface area (Å²) in [6.45, 7) is 1.31. The zero-order valence-corrected chi connectivity index (χ0v) is 16.1. The maximum Gasteiger partial charge on any atom is 0.240 e. The fourth-order valence-corrected chi connectivity index (χ4v) is 3.41. The summed E-state index contributed by atoms with van der Waals surface area (Å²) in [6, 6.07) is 12.2. The van der Waals surface area contributed by atoms with Gasteiger partial charge in [0.05, 0.1) is 11.3 Å². The molecule has 9 heteroatoms. The molecule has 2 aromatic carbocycles. The predicted molar refractivity (Wildman–Crippen MR) is 104 cm³/mol. The largest absolute Gasteiger partial charge is 0.369 e. The molecule has 0 aliphatic rings. The van der Waals surface area contributed by atoms with Gasteiger partial charge in [-0.25, -0.2) is 13.1 Å². The number of nitrogens with one attached hydrogen (secondary N) is 2. The smallest absolute Gasteiger partial charge is 0.240 e. The summed E-state index contributed by atoms with van der Waals surface area (Å²) < 4.78 is 26.8. The number of benzene rings is 2. The molecule has 0 saturated heterocycles. The Hall–Kier alpha value is -3.04. The second-order valence-corrected chi connectivity index (χ2v) is 7.88. The summed E-state index contributed by atoms with van der Waals surface area (Å²) in [5.74, 6) is -0.964. The number of carbonyl (C=O) groups is 3. The van der Waals surface area contributed by atoms with Crippen molar-refractivity contribution in [1.29, 1.82) is 0 Å². The molecule has 0 fully saturated rings. The van der Waals surface area contributed by atoms with Crippen LogP contribution in [0.4, 0.5) is 5.69 Å². The number of carbonyl (C=O) groups excluding carboxylic acids is 3. The van der Waals surface area contributed by atoms with Gasteiger partial charge >= 0.3 is 0 Å². The van der Waals surface area contributed by atoms with E-state index in [0.29, 0.717) is 11.3 Å². The average Bonchev–Trinajstić information content (AvgIpc) is 2.63. The number of rotatable bonds is 9. The van der Waals surface area contributed by atoms with Gasteiger partial charge in [-0.1, -0.05) is 24.3 Å². The van der Waals surface area contributed by atoms with Crippen molar-refractivity contribution in [2.24, 2.45) is 5.73 Å². The first-order valence-corrected chi connectivity index (χ1v) is 9.93. The minimum atomic E-state index is -3.77. The Morgan fingerprint density at radius 2 is 1.57 bits per heavy atom. The first kappa shape index (κ1) is 21.3. The van der Waals surface area contributed by atoms with Crippen LogP contribution in [0.15, 0.2) is 53.4 Å². The van der Waals surface area contributed by atoms with E-state index in [9.17, 15) is 22.8 Å². The van der Waals surface area contributed by atoms with E-state index >= 15 is 0 Å². The van der Waals surface area contributed by atoms with Gasteiger partial charge in [-0.15, -0.1) is 0 Å². The van der Waals surface area contributed by atoms with Crippen molar-refractivity contribution in [1.82, 2.24) is 4.72 Å². The number of anilines is 1. The lowest BCUT2D eigenvalue weighted by Gasteiger charge is -2.08. The Bertz CT molecular complexity index is 968. The van der Waals surface area contributed by atoms with E-state index in [1.54, 1.807) is 24.3 Å². The van der Waals surface area contributed by atoms with Crippen LogP contribution in [0.2, 0.25) is 0 Å². The second-order valence-electron chi connectivity index (χ2n) is 6.12. The lowest BCUT2D eigenvalue weighted by molar-refractivity contribution is -0.117. The SMILES string of the molecule is CC(=O)c1ccc(S(=O)(=O)NCCC(=O)Nc2ccc(CC(N)=O)cc2)cc1. The topological polar surface area (TPSA) is 135 Å². The van der Waals surface area contributed by atoms with Crippen molar-refractivity contribution in [3.63, 3.8) is 0 Å². The quantitative estimate of drug-likeness (QED) is 0.541. The number of primary amides is 1. The van der Waals surface area contributed by atoms with E-state index < -0.39 is 15.9 Å². The van der Waals surface area contributed by atoms with E-state index in [1.165, 1.54) is 31.2 Å². The summed E-state index contributed by atoms with van der Waals surface area (Å²) in [4.78, 5) is 34.1. The summed E-state index contributed by atoms with van der Waals surface area (Å²) in [6.07, 6.45) is 0.0528. The summed E-state index contributed by atoms with van der Waals surface area (Å²) in [5.41, 5.74) is 6.79. The van der Waals surface area contributed by atoms with Crippen LogP contribution in [0.25, 0.3) is 0 Å². The molecule has 0 unspecified atom stereocenters. The molecule has 0 aliphatic heterocycles. The first-order valence-electron chi connectivity index (χ1n) is 8.45. The molecule has 0 atom stereocenters. The zero-order chi connectivity index (χ0) is 20.7. The molecule has 0 bridgehead atoms. The lowest BCUT2D eigenvalue weighted by atomic mass is 10.1. The normalized spacial score (nSPS) is 11.0. The number of nitrogens with two attached hydrogens (primary N) is 1. The number of sulfonamides is 1. The summed E-state index contributed by atoms with van der Waals surface area (Å²) >= 11 is 0. The van der Waals surface area contributed by atoms with Crippen LogP contribution >= 0.6 is 0 Å². The predicted octanol–water partition coefficient (Wildman–Crippen LogP) is 1.22. The molecule has 0 aromatic heterocycles. The van der Waals surface area contributed by atoms with Gasteiger partial charge in [0.1, 0.15) is 0 Å².